The molecule has 0 radical (unpaired) electrons. The predicted octanol–water partition coefficient (Wildman–Crippen LogP) is 22.9. The van der Waals surface area contributed by atoms with Gasteiger partial charge in [0.1, 0.15) is 11.6 Å². The Morgan fingerprint density at radius 3 is 0.743 bits per heavy atom. The molecule has 0 spiro atoms. The van der Waals surface area contributed by atoms with Crippen molar-refractivity contribution in [3.63, 3.8) is 0 Å². The van der Waals surface area contributed by atoms with Gasteiger partial charge in [0.25, 0.3) is 0 Å². The van der Waals surface area contributed by atoms with Crippen LogP contribution in [-0.2, 0) is 0 Å². The molecule has 16 rings (SSSR count). The summed E-state index contributed by atoms with van der Waals surface area (Å²) in [4.78, 5) is 41.1. The lowest BCUT2D eigenvalue weighted by atomic mass is 9.99. The van der Waals surface area contributed by atoms with Crippen LogP contribution in [0, 0.1) is 34.6 Å². The molecule has 9 heteroatoms. The highest BCUT2D eigenvalue weighted by molar-refractivity contribution is 5.77. The monoisotopic (exact) mass is 1310 g/mol. The van der Waals surface area contributed by atoms with Crippen molar-refractivity contribution in [1.29, 1.82) is 0 Å². The summed E-state index contributed by atoms with van der Waals surface area (Å²) in [6, 6.07) is 123. The average Bonchev–Trinajstić information content (AvgIpc) is 0.832. The van der Waals surface area contributed by atoms with Gasteiger partial charge in [-0.2, -0.15) is 0 Å². The smallest absolute Gasteiger partial charge is 0.163 e. The normalized spacial score (nSPS) is 10.4. The maximum absolute atomic E-state index is 4.92. The summed E-state index contributed by atoms with van der Waals surface area (Å²) in [6.07, 6.45) is 0. The van der Waals surface area contributed by atoms with Crippen molar-refractivity contribution in [2.45, 2.75) is 34.6 Å². The topological polar surface area (TPSA) is 116 Å². The van der Waals surface area contributed by atoms with E-state index >= 15 is 0 Å². The van der Waals surface area contributed by atoms with Gasteiger partial charge in [-0.15, -0.1) is 0 Å². The molecule has 488 valence electrons. The van der Waals surface area contributed by atoms with Crippen molar-refractivity contribution in [3.8, 4) is 124 Å². The van der Waals surface area contributed by atoms with Crippen molar-refractivity contribution in [2.75, 3.05) is 0 Å². The predicted molar refractivity (Wildman–Crippen MR) is 416 cm³/mol. The first kappa shape index (κ1) is 67.9. The molecule has 5 heterocycles. The SMILES string of the molecule is Cc1cc(-c2ccccc2)cc(-c2ccccc2)n1.Cc1cc(-c2ccccc2)nc(-c2ccccc2)n1.Cc1ccc(-c2cc(-c3ccccc3)nc(-c3ccccc3)c2)cc1.Cc1nc(-c2ccccc2)cc(-c2ccccc2)n1.Cc1nc(-c2ccccc2)nc(-c2ccccc2)n1. The molecule has 0 N–H and O–H groups in total. The molecular formula is C92H75N9. The summed E-state index contributed by atoms with van der Waals surface area (Å²) in [6.45, 7) is 9.97. The summed E-state index contributed by atoms with van der Waals surface area (Å²) < 4.78 is 0. The van der Waals surface area contributed by atoms with E-state index in [1.165, 1.54) is 27.8 Å². The highest BCUT2D eigenvalue weighted by Crippen LogP contribution is 2.32. The van der Waals surface area contributed by atoms with Crippen LogP contribution in [0.25, 0.3) is 124 Å². The molecule has 0 aliphatic carbocycles. The van der Waals surface area contributed by atoms with Gasteiger partial charge in [0.2, 0.25) is 0 Å². The Bertz CT molecular complexity index is 4430. The molecular weight excluding hydrogens is 1230 g/mol. The number of aryl methyl sites for hydroxylation is 5. The van der Waals surface area contributed by atoms with Gasteiger partial charge >= 0.3 is 0 Å². The lowest BCUT2D eigenvalue weighted by Gasteiger charge is -2.10. The van der Waals surface area contributed by atoms with Crippen LogP contribution in [0.4, 0.5) is 0 Å². The van der Waals surface area contributed by atoms with Gasteiger partial charge in [-0.05, 0) is 93.3 Å². The molecule has 0 saturated carbocycles. The van der Waals surface area contributed by atoms with E-state index in [2.05, 4.69) is 217 Å². The van der Waals surface area contributed by atoms with E-state index in [-0.39, 0.29) is 0 Å². The Balaban J connectivity index is 0.000000120. The largest absolute Gasteiger partial charge is 0.253 e. The van der Waals surface area contributed by atoms with Crippen LogP contribution in [0.3, 0.4) is 0 Å². The fourth-order valence-corrected chi connectivity index (χ4v) is 11.2. The number of aromatic nitrogens is 9. The third-order valence-electron chi connectivity index (χ3n) is 16.2. The molecule has 0 saturated heterocycles. The molecule has 0 unspecified atom stereocenters. The number of rotatable bonds is 11. The number of hydrogen-bond donors (Lipinski definition) is 0. The third kappa shape index (κ3) is 19.1. The van der Waals surface area contributed by atoms with Crippen LogP contribution in [-0.4, -0.2) is 44.9 Å². The molecule has 101 heavy (non-hydrogen) atoms. The highest BCUT2D eigenvalue weighted by Gasteiger charge is 2.13. The van der Waals surface area contributed by atoms with E-state index in [0.717, 1.165) is 113 Å². The Morgan fingerprint density at radius 1 is 0.149 bits per heavy atom. The maximum atomic E-state index is 4.92. The van der Waals surface area contributed by atoms with Gasteiger partial charge < -0.3 is 0 Å². The Morgan fingerprint density at radius 2 is 0.396 bits per heavy atom. The van der Waals surface area contributed by atoms with Crippen molar-refractivity contribution < 1.29 is 0 Å². The fourth-order valence-electron chi connectivity index (χ4n) is 11.2. The second-order valence-corrected chi connectivity index (χ2v) is 24.0. The van der Waals surface area contributed by atoms with E-state index < -0.39 is 0 Å². The molecule has 0 amide bonds. The first-order valence-electron chi connectivity index (χ1n) is 33.7. The van der Waals surface area contributed by atoms with Crippen LogP contribution in [0.5, 0.6) is 0 Å². The molecule has 5 aromatic heterocycles. The van der Waals surface area contributed by atoms with Crippen LogP contribution in [0.2, 0.25) is 0 Å². The zero-order valence-corrected chi connectivity index (χ0v) is 57.2. The van der Waals surface area contributed by atoms with E-state index in [1.54, 1.807) is 0 Å². The maximum Gasteiger partial charge on any atom is 0.163 e. The van der Waals surface area contributed by atoms with Crippen LogP contribution < -0.4 is 0 Å². The van der Waals surface area contributed by atoms with Crippen molar-refractivity contribution >= 4 is 0 Å². The second-order valence-electron chi connectivity index (χ2n) is 24.0. The first-order chi connectivity index (χ1) is 49.6. The number of hydrogen-bond acceptors (Lipinski definition) is 9. The Labute approximate surface area is 592 Å². The zero-order valence-electron chi connectivity index (χ0n) is 57.2. The van der Waals surface area contributed by atoms with Gasteiger partial charge in [0, 0.05) is 61.5 Å². The van der Waals surface area contributed by atoms with Gasteiger partial charge in [-0.1, -0.05) is 333 Å². The van der Waals surface area contributed by atoms with E-state index in [9.17, 15) is 0 Å². The minimum Gasteiger partial charge on any atom is -0.253 e. The lowest BCUT2D eigenvalue weighted by Crippen LogP contribution is -1.99. The molecule has 9 nitrogen and oxygen atoms in total. The highest BCUT2D eigenvalue weighted by atomic mass is 15.0. The van der Waals surface area contributed by atoms with E-state index in [4.69, 9.17) is 4.98 Å². The van der Waals surface area contributed by atoms with Crippen LogP contribution in [0.15, 0.2) is 364 Å². The zero-order chi connectivity index (χ0) is 69.4. The quantitative estimate of drug-likeness (QED) is 0.125. The summed E-state index contributed by atoms with van der Waals surface area (Å²) in [5.41, 5.74) is 23.9. The van der Waals surface area contributed by atoms with Crippen LogP contribution >= 0.6 is 0 Å². The van der Waals surface area contributed by atoms with Gasteiger partial charge in [0.05, 0.1) is 34.2 Å². The lowest BCUT2D eigenvalue weighted by molar-refractivity contribution is 0.992. The summed E-state index contributed by atoms with van der Waals surface area (Å²) in [7, 11) is 0. The number of nitrogens with zero attached hydrogens (tertiary/aromatic N) is 9. The van der Waals surface area contributed by atoms with E-state index in [1.807, 2.05) is 222 Å². The molecule has 0 aliphatic heterocycles. The number of benzene rings is 11. The summed E-state index contributed by atoms with van der Waals surface area (Å²) in [5, 5.41) is 0. The van der Waals surface area contributed by atoms with Crippen molar-refractivity contribution in [1.82, 2.24) is 44.9 Å². The van der Waals surface area contributed by atoms with Gasteiger partial charge in [0.15, 0.2) is 17.5 Å². The van der Waals surface area contributed by atoms with Crippen LogP contribution in [0.1, 0.15) is 28.6 Å². The minimum atomic E-state index is 0.715. The molecule has 11 aromatic carbocycles. The van der Waals surface area contributed by atoms with Gasteiger partial charge in [-0.25, -0.2) is 39.9 Å². The molecule has 0 bridgehead atoms. The van der Waals surface area contributed by atoms with Gasteiger partial charge in [-0.3, -0.25) is 4.98 Å². The second kappa shape index (κ2) is 34.2. The Kier molecular flexibility index (Phi) is 23.0. The standard InChI is InChI=1S/C24H19N.C18H15N.2C17H14N2.C16H13N3/c1-18-12-14-19(15-13-18)22-16-23(20-8-4-2-5-9-20)25-24(17-22)21-10-6-3-7-11-21;1-14-12-17(15-8-4-2-5-9-15)13-18(19-14)16-10-6-3-7-11-16;1-13-18-16(14-8-4-2-5-9-14)12-17(19-13)15-10-6-3-7-11-15;1-13-12-16(14-8-4-2-5-9-14)19-17(18-13)15-10-6-3-7-11-15;1-12-17-15(13-8-4-2-5-9-13)19-16(18-12)14-10-6-3-7-11-14/h2-17H,1H3;2-13H,1H3;2*2-12H,1H3;2-11H,1H3. The van der Waals surface area contributed by atoms with Crippen molar-refractivity contribution in [3.05, 3.63) is 393 Å². The third-order valence-corrected chi connectivity index (χ3v) is 16.2. The minimum absolute atomic E-state index is 0.715. The summed E-state index contributed by atoms with van der Waals surface area (Å²) in [5.74, 6) is 3.73. The average molecular weight is 1310 g/mol. The molecule has 0 fully saturated rings. The fraction of sp³-hybridized carbons (Fsp3) is 0.0543. The molecule has 0 aliphatic rings. The Hall–Kier alpha value is -13.1. The summed E-state index contributed by atoms with van der Waals surface area (Å²) >= 11 is 0. The molecule has 0 atom stereocenters. The molecule has 16 aromatic rings. The number of pyridine rings is 2. The van der Waals surface area contributed by atoms with E-state index in [0.29, 0.717) is 11.6 Å². The first-order valence-corrected chi connectivity index (χ1v) is 33.7. The van der Waals surface area contributed by atoms with Crippen molar-refractivity contribution in [2.24, 2.45) is 0 Å².